The lowest BCUT2D eigenvalue weighted by Gasteiger charge is -2.32. The van der Waals surface area contributed by atoms with E-state index in [1.807, 2.05) is 0 Å². The van der Waals surface area contributed by atoms with Crippen molar-refractivity contribution in [2.24, 2.45) is 0 Å². The van der Waals surface area contributed by atoms with E-state index in [1.165, 1.54) is 99.4 Å². The molecule has 12 rings (SSSR count). The first-order valence-corrected chi connectivity index (χ1v) is 23.0. The summed E-state index contributed by atoms with van der Waals surface area (Å²) in [5, 5.41) is 5.06. The second-order valence-corrected chi connectivity index (χ2v) is 18.0. The third-order valence-electron chi connectivity index (χ3n) is 13.9. The first-order valence-electron chi connectivity index (χ1n) is 23.0. The molecule has 0 saturated carbocycles. The first-order chi connectivity index (χ1) is 32.5. The van der Waals surface area contributed by atoms with Crippen LogP contribution in [-0.4, -0.2) is 0 Å². The minimum Gasteiger partial charge on any atom is -0.309 e. The third kappa shape index (κ3) is 6.55. The van der Waals surface area contributed by atoms with Crippen molar-refractivity contribution in [3.63, 3.8) is 0 Å². The predicted octanol–water partition coefficient (Wildman–Crippen LogP) is 18.1. The molecule has 0 spiro atoms. The lowest BCUT2D eigenvalue weighted by Crippen LogP contribution is -2.15. The Morgan fingerprint density at radius 3 is 1.61 bits per heavy atom. The van der Waals surface area contributed by atoms with Crippen LogP contribution in [0.2, 0.25) is 0 Å². The van der Waals surface area contributed by atoms with Crippen LogP contribution in [0.1, 0.15) is 25.0 Å². The van der Waals surface area contributed by atoms with E-state index >= 15 is 0 Å². The average molecular weight is 842 g/mol. The maximum absolute atomic E-state index is 2.51. The summed E-state index contributed by atoms with van der Waals surface area (Å²) in [6.45, 7) is 4.73. The number of anilines is 3. The zero-order valence-electron chi connectivity index (χ0n) is 37.1. The van der Waals surface area contributed by atoms with Gasteiger partial charge in [-0.2, -0.15) is 0 Å². The van der Waals surface area contributed by atoms with E-state index in [1.54, 1.807) is 0 Å². The van der Waals surface area contributed by atoms with Crippen LogP contribution in [0.15, 0.2) is 249 Å². The Morgan fingerprint density at radius 1 is 0.288 bits per heavy atom. The predicted molar refractivity (Wildman–Crippen MR) is 281 cm³/mol. The number of fused-ring (bicyclic) bond motifs is 6. The van der Waals surface area contributed by atoms with Gasteiger partial charge in [0.15, 0.2) is 0 Å². The summed E-state index contributed by atoms with van der Waals surface area (Å²) in [6.07, 6.45) is 0. The van der Waals surface area contributed by atoms with Crippen LogP contribution in [0.4, 0.5) is 17.1 Å². The molecular formula is C65H47N. The maximum Gasteiger partial charge on any atom is 0.0546 e. The average Bonchev–Trinajstić information content (AvgIpc) is 3.62. The van der Waals surface area contributed by atoms with E-state index in [-0.39, 0.29) is 5.41 Å². The summed E-state index contributed by atoms with van der Waals surface area (Å²) in [5.74, 6) is 0. The zero-order valence-corrected chi connectivity index (χ0v) is 37.1. The van der Waals surface area contributed by atoms with Crippen LogP contribution in [0.5, 0.6) is 0 Å². The Balaban J connectivity index is 1.11. The number of hydrogen-bond donors (Lipinski definition) is 0. The molecule has 0 aliphatic heterocycles. The minimum atomic E-state index is -0.124. The van der Waals surface area contributed by atoms with E-state index in [0.29, 0.717) is 0 Å². The second-order valence-electron chi connectivity index (χ2n) is 18.0. The normalized spacial score (nSPS) is 12.5. The van der Waals surface area contributed by atoms with Crippen LogP contribution in [-0.2, 0) is 5.41 Å². The lowest BCUT2D eigenvalue weighted by molar-refractivity contribution is 0.660. The molecule has 0 atom stereocenters. The molecule has 0 bridgehead atoms. The maximum atomic E-state index is 2.51. The fraction of sp³-hybridized carbons (Fsp3) is 0.0462. The van der Waals surface area contributed by atoms with E-state index in [2.05, 4.69) is 267 Å². The van der Waals surface area contributed by atoms with Gasteiger partial charge in [-0.15, -0.1) is 0 Å². The molecule has 0 fully saturated rings. The fourth-order valence-corrected chi connectivity index (χ4v) is 10.7. The smallest absolute Gasteiger partial charge is 0.0546 e. The molecule has 0 N–H and O–H groups in total. The standard InChI is InChI=1S/C65H47N/c1-65(2)59-31-15-13-28-58(59)63-57(30-17-32-60(63)65)55-26-14-16-33-61(55)66(50-40-37-44(38-41-50)48-39-42-53-49(43-48)36-35-47-23-9-10-24-51(47)53)62-34-18-29-54(46-21-7-4-8-22-46)64(62)56-27-12-11-25-52(56)45-19-5-3-6-20-45/h3-43H,1-2H3. The summed E-state index contributed by atoms with van der Waals surface area (Å²) < 4.78 is 0. The van der Waals surface area contributed by atoms with Crippen molar-refractivity contribution in [3.8, 4) is 66.8 Å². The van der Waals surface area contributed by atoms with E-state index in [0.717, 1.165) is 17.1 Å². The summed E-state index contributed by atoms with van der Waals surface area (Å²) in [6, 6.07) is 91.6. The van der Waals surface area contributed by atoms with Gasteiger partial charge in [0.1, 0.15) is 0 Å². The van der Waals surface area contributed by atoms with Gasteiger partial charge in [-0.1, -0.05) is 232 Å². The van der Waals surface area contributed by atoms with Gasteiger partial charge in [0, 0.05) is 22.2 Å². The Bertz CT molecular complexity index is 3600. The highest BCUT2D eigenvalue weighted by molar-refractivity contribution is 6.09. The Morgan fingerprint density at radius 2 is 0.818 bits per heavy atom. The van der Waals surface area contributed by atoms with Crippen LogP contribution >= 0.6 is 0 Å². The summed E-state index contributed by atoms with van der Waals surface area (Å²) >= 11 is 0. The largest absolute Gasteiger partial charge is 0.309 e. The number of nitrogens with zero attached hydrogens (tertiary/aromatic N) is 1. The van der Waals surface area contributed by atoms with Gasteiger partial charge in [-0.25, -0.2) is 0 Å². The SMILES string of the molecule is CC1(C)c2ccccc2-c2c(-c3ccccc3N(c3ccc(-c4ccc5c(ccc6ccccc65)c4)cc3)c3cccc(-c4ccccc4)c3-c3ccccc3-c3ccccc3)cccc21. The Kier molecular flexibility index (Phi) is 9.58. The molecule has 66 heavy (non-hydrogen) atoms. The highest BCUT2D eigenvalue weighted by Crippen LogP contribution is 2.55. The molecule has 312 valence electrons. The molecule has 11 aromatic carbocycles. The molecule has 0 radical (unpaired) electrons. The molecule has 1 heteroatoms. The van der Waals surface area contributed by atoms with Crippen molar-refractivity contribution >= 4 is 38.6 Å². The van der Waals surface area contributed by atoms with Gasteiger partial charge in [0.25, 0.3) is 0 Å². The molecule has 0 saturated heterocycles. The Labute approximate surface area is 387 Å². The molecule has 0 unspecified atom stereocenters. The van der Waals surface area contributed by atoms with Gasteiger partial charge in [-0.3, -0.25) is 0 Å². The van der Waals surface area contributed by atoms with Crippen LogP contribution in [0.3, 0.4) is 0 Å². The number of rotatable bonds is 8. The molecule has 0 aromatic heterocycles. The van der Waals surface area contributed by atoms with Crippen molar-refractivity contribution < 1.29 is 0 Å². The number of para-hydroxylation sites is 1. The van der Waals surface area contributed by atoms with Gasteiger partial charge in [0.2, 0.25) is 0 Å². The van der Waals surface area contributed by atoms with Crippen LogP contribution < -0.4 is 4.90 Å². The van der Waals surface area contributed by atoms with Crippen molar-refractivity contribution in [2.45, 2.75) is 19.3 Å². The quantitative estimate of drug-likeness (QED) is 0.138. The molecule has 1 aliphatic rings. The van der Waals surface area contributed by atoms with Crippen molar-refractivity contribution in [2.75, 3.05) is 4.90 Å². The van der Waals surface area contributed by atoms with E-state index < -0.39 is 0 Å². The number of benzene rings is 11. The third-order valence-corrected chi connectivity index (χ3v) is 13.9. The molecular weight excluding hydrogens is 795 g/mol. The van der Waals surface area contributed by atoms with Crippen molar-refractivity contribution in [3.05, 3.63) is 260 Å². The van der Waals surface area contributed by atoms with Crippen LogP contribution in [0, 0.1) is 0 Å². The lowest BCUT2D eigenvalue weighted by atomic mass is 9.82. The first kappa shape index (κ1) is 39.3. The number of hydrogen-bond acceptors (Lipinski definition) is 1. The van der Waals surface area contributed by atoms with Gasteiger partial charge < -0.3 is 4.90 Å². The monoisotopic (exact) mass is 841 g/mol. The molecule has 1 aliphatic carbocycles. The molecule has 0 heterocycles. The van der Waals surface area contributed by atoms with Gasteiger partial charge in [-0.05, 0) is 119 Å². The highest BCUT2D eigenvalue weighted by Gasteiger charge is 2.37. The zero-order chi connectivity index (χ0) is 44.2. The molecule has 0 amide bonds. The summed E-state index contributed by atoms with van der Waals surface area (Å²) in [7, 11) is 0. The van der Waals surface area contributed by atoms with Crippen LogP contribution in [0.25, 0.3) is 88.3 Å². The second kappa shape index (κ2) is 16.1. The van der Waals surface area contributed by atoms with Crippen molar-refractivity contribution in [1.29, 1.82) is 0 Å². The van der Waals surface area contributed by atoms with E-state index in [4.69, 9.17) is 0 Å². The van der Waals surface area contributed by atoms with E-state index in [9.17, 15) is 0 Å². The topological polar surface area (TPSA) is 3.24 Å². The fourth-order valence-electron chi connectivity index (χ4n) is 10.7. The van der Waals surface area contributed by atoms with Gasteiger partial charge in [0.05, 0.1) is 11.4 Å². The molecule has 11 aromatic rings. The Hall–Kier alpha value is -8.26. The van der Waals surface area contributed by atoms with Gasteiger partial charge >= 0.3 is 0 Å². The minimum absolute atomic E-state index is 0.124. The summed E-state index contributed by atoms with van der Waals surface area (Å²) in [4.78, 5) is 2.51. The van der Waals surface area contributed by atoms with Crippen molar-refractivity contribution in [1.82, 2.24) is 0 Å². The summed E-state index contributed by atoms with van der Waals surface area (Å²) in [5.41, 5.74) is 20.4. The molecule has 1 nitrogen and oxygen atoms in total. The highest BCUT2D eigenvalue weighted by atomic mass is 15.1.